The van der Waals surface area contributed by atoms with E-state index in [1.807, 2.05) is 36.4 Å². The molecule has 0 bridgehead atoms. The van der Waals surface area contributed by atoms with Crippen LogP contribution in [0.1, 0.15) is 19.8 Å². The number of unbranched alkanes of at least 4 members (excludes halogenated alkanes) is 1. The van der Waals surface area contributed by atoms with Crippen LogP contribution >= 0.6 is 15.9 Å². The number of anilines is 1. The van der Waals surface area contributed by atoms with Crippen molar-refractivity contribution >= 4 is 27.5 Å². The first kappa shape index (κ1) is 17.3. The number of amides is 1. The summed E-state index contributed by atoms with van der Waals surface area (Å²) < 4.78 is 12.0. The molecule has 23 heavy (non-hydrogen) atoms. The molecule has 0 heterocycles. The van der Waals surface area contributed by atoms with Crippen molar-refractivity contribution in [1.29, 1.82) is 0 Å². The molecule has 122 valence electrons. The van der Waals surface area contributed by atoms with Gasteiger partial charge in [0.05, 0.1) is 6.61 Å². The molecule has 0 radical (unpaired) electrons. The van der Waals surface area contributed by atoms with Gasteiger partial charge in [-0.1, -0.05) is 35.3 Å². The third-order valence-corrected chi connectivity index (χ3v) is 3.60. The number of benzene rings is 2. The van der Waals surface area contributed by atoms with E-state index in [0.717, 1.165) is 23.1 Å². The molecule has 2 aromatic carbocycles. The molecule has 0 spiro atoms. The van der Waals surface area contributed by atoms with E-state index in [2.05, 4.69) is 28.2 Å². The highest BCUT2D eigenvalue weighted by Crippen LogP contribution is 2.18. The molecule has 0 atom stereocenters. The van der Waals surface area contributed by atoms with Crippen molar-refractivity contribution in [2.24, 2.45) is 0 Å². The summed E-state index contributed by atoms with van der Waals surface area (Å²) in [6, 6.07) is 14.7. The zero-order valence-corrected chi connectivity index (χ0v) is 14.6. The van der Waals surface area contributed by atoms with Gasteiger partial charge < -0.3 is 14.8 Å². The molecule has 5 heteroatoms. The summed E-state index contributed by atoms with van der Waals surface area (Å²) >= 11 is 3.35. The fraction of sp³-hybridized carbons (Fsp3) is 0.278. The molecular weight excluding hydrogens is 358 g/mol. The number of carbonyl (C=O) groups is 1. The molecular formula is C18H20BrNO3. The Bertz CT molecular complexity index is 628. The minimum Gasteiger partial charge on any atom is -0.494 e. The monoisotopic (exact) mass is 377 g/mol. The van der Waals surface area contributed by atoms with Crippen LogP contribution in [0.3, 0.4) is 0 Å². The Kier molecular flexibility index (Phi) is 6.94. The van der Waals surface area contributed by atoms with E-state index in [-0.39, 0.29) is 12.5 Å². The zero-order chi connectivity index (χ0) is 16.5. The van der Waals surface area contributed by atoms with E-state index < -0.39 is 0 Å². The Morgan fingerprint density at radius 1 is 1.09 bits per heavy atom. The Labute approximate surface area is 144 Å². The van der Waals surface area contributed by atoms with Crippen molar-refractivity contribution in [3.8, 4) is 11.5 Å². The number of hydrogen-bond acceptors (Lipinski definition) is 3. The lowest BCUT2D eigenvalue weighted by molar-refractivity contribution is -0.118. The third-order valence-electron chi connectivity index (χ3n) is 3.07. The Hall–Kier alpha value is -2.01. The SMILES string of the molecule is CCCCOc1cccc(NC(=O)COc2ccc(Br)cc2)c1. The van der Waals surface area contributed by atoms with E-state index in [4.69, 9.17) is 9.47 Å². The van der Waals surface area contributed by atoms with Crippen molar-refractivity contribution < 1.29 is 14.3 Å². The maximum absolute atomic E-state index is 11.9. The minimum absolute atomic E-state index is 0.0391. The van der Waals surface area contributed by atoms with Gasteiger partial charge in [-0.3, -0.25) is 4.79 Å². The van der Waals surface area contributed by atoms with Crippen LogP contribution in [-0.4, -0.2) is 19.1 Å². The second-order valence-corrected chi connectivity index (χ2v) is 5.94. The van der Waals surface area contributed by atoms with Crippen LogP contribution in [0.15, 0.2) is 53.0 Å². The smallest absolute Gasteiger partial charge is 0.262 e. The van der Waals surface area contributed by atoms with E-state index >= 15 is 0 Å². The summed E-state index contributed by atoms with van der Waals surface area (Å²) in [5.74, 6) is 1.20. The Morgan fingerprint density at radius 2 is 1.87 bits per heavy atom. The summed E-state index contributed by atoms with van der Waals surface area (Å²) in [7, 11) is 0. The Morgan fingerprint density at radius 3 is 2.61 bits per heavy atom. The number of halogens is 1. The molecule has 0 saturated carbocycles. The summed E-state index contributed by atoms with van der Waals surface area (Å²) in [5.41, 5.74) is 0.698. The topological polar surface area (TPSA) is 47.6 Å². The van der Waals surface area contributed by atoms with Gasteiger partial charge in [0, 0.05) is 16.2 Å². The molecule has 0 unspecified atom stereocenters. The fourth-order valence-corrected chi connectivity index (χ4v) is 2.14. The van der Waals surface area contributed by atoms with Crippen LogP contribution < -0.4 is 14.8 Å². The second-order valence-electron chi connectivity index (χ2n) is 5.02. The lowest BCUT2D eigenvalue weighted by atomic mass is 10.3. The molecule has 1 amide bonds. The van der Waals surface area contributed by atoms with E-state index in [1.54, 1.807) is 12.1 Å². The summed E-state index contributed by atoms with van der Waals surface area (Å²) in [6.45, 7) is 2.76. The number of carbonyl (C=O) groups excluding carboxylic acids is 1. The lowest BCUT2D eigenvalue weighted by Crippen LogP contribution is -2.20. The van der Waals surface area contributed by atoms with Gasteiger partial charge in [0.2, 0.25) is 0 Å². The van der Waals surface area contributed by atoms with Gasteiger partial charge >= 0.3 is 0 Å². The number of rotatable bonds is 8. The summed E-state index contributed by atoms with van der Waals surface area (Å²) in [6.07, 6.45) is 2.10. The predicted molar refractivity (Wildman–Crippen MR) is 95.1 cm³/mol. The summed E-state index contributed by atoms with van der Waals surface area (Å²) in [4.78, 5) is 11.9. The molecule has 2 aromatic rings. The molecule has 0 aliphatic heterocycles. The zero-order valence-electron chi connectivity index (χ0n) is 13.0. The van der Waals surface area contributed by atoms with Crippen molar-refractivity contribution in [1.82, 2.24) is 0 Å². The van der Waals surface area contributed by atoms with Gasteiger partial charge in [-0.2, -0.15) is 0 Å². The van der Waals surface area contributed by atoms with Crippen LogP contribution in [0.5, 0.6) is 11.5 Å². The van der Waals surface area contributed by atoms with Gasteiger partial charge in [-0.25, -0.2) is 0 Å². The first-order valence-electron chi connectivity index (χ1n) is 7.58. The molecule has 2 rings (SSSR count). The van der Waals surface area contributed by atoms with E-state index in [9.17, 15) is 4.79 Å². The minimum atomic E-state index is -0.210. The number of nitrogens with one attached hydrogen (secondary N) is 1. The predicted octanol–water partition coefficient (Wildman–Crippen LogP) is 4.65. The van der Waals surface area contributed by atoms with Crippen LogP contribution in [0.2, 0.25) is 0 Å². The van der Waals surface area contributed by atoms with Gasteiger partial charge in [0.15, 0.2) is 6.61 Å². The number of hydrogen-bond donors (Lipinski definition) is 1. The first-order valence-corrected chi connectivity index (χ1v) is 8.38. The standard InChI is InChI=1S/C18H20BrNO3/c1-2-3-11-22-17-6-4-5-15(12-17)20-18(21)13-23-16-9-7-14(19)8-10-16/h4-10,12H,2-3,11,13H2,1H3,(H,20,21). The summed E-state index contributed by atoms with van der Waals surface area (Å²) in [5, 5.41) is 2.80. The normalized spacial score (nSPS) is 10.2. The van der Waals surface area contributed by atoms with E-state index in [0.29, 0.717) is 18.0 Å². The van der Waals surface area contributed by atoms with Crippen molar-refractivity contribution in [3.63, 3.8) is 0 Å². The van der Waals surface area contributed by atoms with Crippen LogP contribution in [0.4, 0.5) is 5.69 Å². The molecule has 0 aromatic heterocycles. The van der Waals surface area contributed by atoms with Crippen molar-refractivity contribution in [3.05, 3.63) is 53.0 Å². The van der Waals surface area contributed by atoms with Gasteiger partial charge in [-0.05, 0) is 42.8 Å². The number of ether oxygens (including phenoxy) is 2. The van der Waals surface area contributed by atoms with Crippen LogP contribution in [0.25, 0.3) is 0 Å². The molecule has 1 N–H and O–H groups in total. The maximum Gasteiger partial charge on any atom is 0.262 e. The average Bonchev–Trinajstić information content (AvgIpc) is 2.55. The quantitative estimate of drug-likeness (QED) is 0.681. The molecule has 4 nitrogen and oxygen atoms in total. The third kappa shape index (κ3) is 6.32. The highest BCUT2D eigenvalue weighted by Gasteiger charge is 2.05. The molecule has 0 saturated heterocycles. The van der Waals surface area contributed by atoms with Gasteiger partial charge in [-0.15, -0.1) is 0 Å². The molecule has 0 fully saturated rings. The second kappa shape index (κ2) is 9.20. The fourth-order valence-electron chi connectivity index (χ4n) is 1.87. The van der Waals surface area contributed by atoms with Gasteiger partial charge in [0.1, 0.15) is 11.5 Å². The molecule has 0 aliphatic carbocycles. The van der Waals surface area contributed by atoms with Crippen molar-refractivity contribution in [2.75, 3.05) is 18.5 Å². The first-order chi connectivity index (χ1) is 11.2. The average molecular weight is 378 g/mol. The highest BCUT2D eigenvalue weighted by atomic mass is 79.9. The highest BCUT2D eigenvalue weighted by molar-refractivity contribution is 9.10. The lowest BCUT2D eigenvalue weighted by Gasteiger charge is -2.10. The molecule has 0 aliphatic rings. The largest absolute Gasteiger partial charge is 0.494 e. The van der Waals surface area contributed by atoms with Gasteiger partial charge in [0.25, 0.3) is 5.91 Å². The van der Waals surface area contributed by atoms with Crippen molar-refractivity contribution in [2.45, 2.75) is 19.8 Å². The maximum atomic E-state index is 11.9. The van der Waals surface area contributed by atoms with E-state index in [1.165, 1.54) is 0 Å². The van der Waals surface area contributed by atoms with Crippen LogP contribution in [-0.2, 0) is 4.79 Å². The van der Waals surface area contributed by atoms with Crippen LogP contribution in [0, 0.1) is 0 Å². The Balaban J connectivity index is 1.82.